The number of amides is 1. The van der Waals surface area contributed by atoms with Gasteiger partial charge in [0.05, 0.1) is 34.1 Å². The molecule has 0 spiro atoms. The van der Waals surface area contributed by atoms with Gasteiger partial charge in [0.25, 0.3) is 0 Å². The van der Waals surface area contributed by atoms with E-state index < -0.39 is 9.84 Å². The van der Waals surface area contributed by atoms with Gasteiger partial charge in [0, 0.05) is 37.6 Å². The van der Waals surface area contributed by atoms with Gasteiger partial charge in [-0.1, -0.05) is 41.1 Å². The number of rotatable bonds is 9. The summed E-state index contributed by atoms with van der Waals surface area (Å²) in [7, 11) is -3.43. The van der Waals surface area contributed by atoms with Crippen LogP contribution in [0.1, 0.15) is 18.4 Å². The lowest BCUT2D eigenvalue weighted by Gasteiger charge is -2.29. The van der Waals surface area contributed by atoms with Crippen molar-refractivity contribution in [3.63, 3.8) is 0 Å². The molecule has 0 bridgehead atoms. The smallest absolute Gasteiger partial charge is 0.228 e. The van der Waals surface area contributed by atoms with Crippen molar-refractivity contribution < 1.29 is 17.9 Å². The van der Waals surface area contributed by atoms with Crippen molar-refractivity contribution >= 4 is 54.0 Å². The molecule has 1 aliphatic heterocycles. The molecule has 34 heavy (non-hydrogen) atoms. The maximum Gasteiger partial charge on any atom is 0.228 e. The van der Waals surface area contributed by atoms with E-state index in [-0.39, 0.29) is 29.4 Å². The van der Waals surface area contributed by atoms with Crippen LogP contribution < -0.4 is 4.90 Å². The van der Waals surface area contributed by atoms with E-state index in [4.69, 9.17) is 21.3 Å². The molecule has 1 saturated heterocycles. The van der Waals surface area contributed by atoms with Gasteiger partial charge in [-0.3, -0.25) is 14.6 Å². The maximum atomic E-state index is 13.3. The first kappa shape index (κ1) is 25.1. The van der Waals surface area contributed by atoms with Crippen LogP contribution in [-0.2, 0) is 19.4 Å². The fourth-order valence-corrected chi connectivity index (χ4v) is 6.74. The summed E-state index contributed by atoms with van der Waals surface area (Å²) in [5.74, 6) is -0.200. The van der Waals surface area contributed by atoms with Crippen molar-refractivity contribution in [1.29, 1.82) is 0 Å². The van der Waals surface area contributed by atoms with Gasteiger partial charge in [-0.15, -0.1) is 0 Å². The summed E-state index contributed by atoms with van der Waals surface area (Å²) in [5, 5.41) is 1.25. The number of hydrogen-bond donors (Lipinski definition) is 0. The van der Waals surface area contributed by atoms with Crippen LogP contribution in [0.5, 0.6) is 0 Å². The number of hydrogen-bond acceptors (Lipinski definition) is 7. The van der Waals surface area contributed by atoms with Gasteiger partial charge in [-0.25, -0.2) is 13.4 Å². The molecular formula is C24H28ClN3O4S2. The lowest BCUT2D eigenvalue weighted by Crippen LogP contribution is -2.43. The van der Waals surface area contributed by atoms with Crippen molar-refractivity contribution in [2.45, 2.75) is 24.7 Å². The largest absolute Gasteiger partial charge is 0.379 e. The average molecular weight is 522 g/mol. The lowest BCUT2D eigenvalue weighted by atomic mass is 10.2. The highest BCUT2D eigenvalue weighted by Crippen LogP contribution is 2.33. The number of halogens is 1. The number of ether oxygens (including phenoxy) is 1. The Morgan fingerprint density at radius 2 is 1.94 bits per heavy atom. The summed E-state index contributed by atoms with van der Waals surface area (Å²) in [6, 6.07) is 12.1. The summed E-state index contributed by atoms with van der Waals surface area (Å²) in [5.41, 5.74) is 1.79. The number of carbonyl (C=O) groups excluding carboxylic acids is 1. The number of aromatic nitrogens is 1. The molecular weight excluding hydrogens is 494 g/mol. The minimum Gasteiger partial charge on any atom is -0.379 e. The monoisotopic (exact) mass is 521 g/mol. The molecule has 0 radical (unpaired) electrons. The van der Waals surface area contributed by atoms with Crippen molar-refractivity contribution in [2.75, 3.05) is 50.0 Å². The Morgan fingerprint density at radius 3 is 2.68 bits per heavy atom. The molecule has 0 aliphatic carbocycles. The third-order valence-electron chi connectivity index (χ3n) is 5.82. The molecule has 1 aliphatic rings. The van der Waals surface area contributed by atoms with Crippen LogP contribution in [0, 0.1) is 6.92 Å². The second-order valence-electron chi connectivity index (χ2n) is 8.30. The maximum absolute atomic E-state index is 13.3. The first-order valence-corrected chi connectivity index (χ1v) is 14.1. The van der Waals surface area contributed by atoms with Crippen LogP contribution in [0.2, 0.25) is 5.02 Å². The molecule has 4 rings (SSSR count). The molecule has 1 fully saturated rings. The molecule has 0 N–H and O–H groups in total. The Kier molecular flexibility index (Phi) is 8.21. The number of thiazole rings is 1. The summed E-state index contributed by atoms with van der Waals surface area (Å²) in [6.07, 6.45) is 0.380. The Hall–Kier alpha value is -2.04. The molecule has 10 heteroatoms. The third kappa shape index (κ3) is 6.14. The SMILES string of the molecule is Cc1cc(Cl)cc2sc(N(CCN3CCOCC3)C(=O)CCCS(=O)(=O)c3ccccc3)nc12. The summed E-state index contributed by atoms with van der Waals surface area (Å²) in [6.45, 7) is 6.15. The highest BCUT2D eigenvalue weighted by Gasteiger charge is 2.23. The molecule has 0 unspecified atom stereocenters. The topological polar surface area (TPSA) is 79.8 Å². The Morgan fingerprint density at radius 1 is 1.21 bits per heavy atom. The fraction of sp³-hybridized carbons (Fsp3) is 0.417. The van der Waals surface area contributed by atoms with E-state index in [0.717, 1.165) is 28.9 Å². The first-order chi connectivity index (χ1) is 16.3. The van der Waals surface area contributed by atoms with Crippen molar-refractivity contribution in [2.24, 2.45) is 0 Å². The van der Waals surface area contributed by atoms with E-state index in [9.17, 15) is 13.2 Å². The van der Waals surface area contributed by atoms with Crippen LogP contribution in [0.3, 0.4) is 0 Å². The molecule has 1 amide bonds. The normalized spacial score (nSPS) is 15.0. The molecule has 0 saturated carbocycles. The minimum absolute atomic E-state index is 0.0748. The molecule has 0 atom stereocenters. The lowest BCUT2D eigenvalue weighted by molar-refractivity contribution is -0.118. The summed E-state index contributed by atoms with van der Waals surface area (Å²) >= 11 is 7.66. The number of sulfone groups is 1. The Balaban J connectivity index is 1.49. The average Bonchev–Trinajstić information content (AvgIpc) is 3.24. The first-order valence-electron chi connectivity index (χ1n) is 11.3. The zero-order chi connectivity index (χ0) is 24.1. The van der Waals surface area contributed by atoms with Crippen LogP contribution in [0.4, 0.5) is 5.13 Å². The van der Waals surface area contributed by atoms with Crippen LogP contribution in [-0.4, -0.2) is 69.4 Å². The van der Waals surface area contributed by atoms with E-state index in [0.29, 0.717) is 36.5 Å². The second-order valence-corrected chi connectivity index (χ2v) is 11.9. The summed E-state index contributed by atoms with van der Waals surface area (Å²) < 4.78 is 31.6. The molecule has 2 aromatic carbocycles. The van der Waals surface area contributed by atoms with Gasteiger partial charge in [0.15, 0.2) is 15.0 Å². The third-order valence-corrected chi connectivity index (χ3v) is 8.88. The number of aryl methyl sites for hydroxylation is 1. The second kappa shape index (κ2) is 11.1. The molecule has 7 nitrogen and oxygen atoms in total. The Labute approximate surface area is 209 Å². The van der Waals surface area contributed by atoms with Crippen molar-refractivity contribution in [1.82, 2.24) is 9.88 Å². The predicted octanol–water partition coefficient (Wildman–Crippen LogP) is 4.18. The van der Waals surface area contributed by atoms with Gasteiger partial charge in [-0.05, 0) is 43.2 Å². The number of fused-ring (bicyclic) bond motifs is 1. The zero-order valence-corrected chi connectivity index (χ0v) is 21.5. The minimum atomic E-state index is -3.43. The molecule has 2 heterocycles. The number of benzene rings is 2. The van der Waals surface area contributed by atoms with Crippen molar-refractivity contribution in [3.8, 4) is 0 Å². The van der Waals surface area contributed by atoms with Crippen molar-refractivity contribution in [3.05, 3.63) is 53.1 Å². The fourth-order valence-electron chi connectivity index (χ4n) is 3.95. The summed E-state index contributed by atoms with van der Waals surface area (Å²) in [4.78, 5) is 22.3. The van der Waals surface area contributed by atoms with E-state index >= 15 is 0 Å². The van der Waals surface area contributed by atoms with E-state index in [1.54, 1.807) is 35.2 Å². The van der Waals surface area contributed by atoms with Crippen LogP contribution >= 0.6 is 22.9 Å². The number of morpholine rings is 1. The zero-order valence-electron chi connectivity index (χ0n) is 19.1. The van der Waals surface area contributed by atoms with Gasteiger partial charge < -0.3 is 4.74 Å². The van der Waals surface area contributed by atoms with E-state index in [1.807, 2.05) is 19.1 Å². The van der Waals surface area contributed by atoms with Crippen LogP contribution in [0.15, 0.2) is 47.4 Å². The number of anilines is 1. The van der Waals surface area contributed by atoms with Gasteiger partial charge in [0.1, 0.15) is 0 Å². The highest BCUT2D eigenvalue weighted by molar-refractivity contribution is 7.91. The van der Waals surface area contributed by atoms with Crippen LogP contribution in [0.25, 0.3) is 10.2 Å². The van der Waals surface area contributed by atoms with Gasteiger partial charge in [-0.2, -0.15) is 0 Å². The molecule has 3 aromatic rings. The van der Waals surface area contributed by atoms with Gasteiger partial charge in [0.2, 0.25) is 5.91 Å². The molecule has 1 aromatic heterocycles. The van der Waals surface area contributed by atoms with Gasteiger partial charge >= 0.3 is 0 Å². The quantitative estimate of drug-likeness (QED) is 0.420. The predicted molar refractivity (Wildman–Crippen MR) is 137 cm³/mol. The van der Waals surface area contributed by atoms with E-state index in [2.05, 4.69) is 4.90 Å². The highest BCUT2D eigenvalue weighted by atomic mass is 35.5. The Bertz CT molecular complexity index is 1240. The standard InChI is InChI=1S/C24H28ClN3O4S2/c1-18-16-19(25)17-21-23(18)26-24(33-21)28(10-9-27-11-13-32-14-12-27)22(29)8-5-15-34(30,31)20-6-3-2-4-7-20/h2-4,6-7,16-17H,5,8-15H2,1H3. The van der Waals surface area contributed by atoms with E-state index in [1.165, 1.54) is 11.3 Å². The number of carbonyl (C=O) groups is 1. The number of nitrogens with zero attached hydrogens (tertiary/aromatic N) is 3. The molecule has 182 valence electrons.